The smallest absolute Gasteiger partial charge is 0.261 e. The van der Waals surface area contributed by atoms with Gasteiger partial charge in [0, 0.05) is 26.9 Å². The van der Waals surface area contributed by atoms with Gasteiger partial charge < -0.3 is 14.8 Å². The molecule has 0 saturated carbocycles. The molecule has 20 heavy (non-hydrogen) atoms. The lowest BCUT2D eigenvalue weighted by Crippen LogP contribution is -2.41. The standard InChI is InChI=1S/C13H15Br2N3O2/c1-13(2)16-11-10(15)9(17-3-5-20-6-4-17)7-8(14)12(11)18(13)19/h7H,3-6H2,1-2H3. The summed E-state index contributed by atoms with van der Waals surface area (Å²) in [4.78, 5) is 6.80. The molecule has 1 saturated heterocycles. The van der Waals surface area contributed by atoms with Gasteiger partial charge in [0.1, 0.15) is 0 Å². The monoisotopic (exact) mass is 403 g/mol. The van der Waals surface area contributed by atoms with Gasteiger partial charge >= 0.3 is 0 Å². The Hall–Kier alpha value is -0.660. The Morgan fingerprint density at radius 3 is 2.65 bits per heavy atom. The van der Waals surface area contributed by atoms with E-state index in [1.807, 2.05) is 19.9 Å². The number of anilines is 1. The van der Waals surface area contributed by atoms with E-state index in [1.165, 1.54) is 0 Å². The average Bonchev–Trinajstić information content (AvgIpc) is 2.67. The predicted octanol–water partition coefficient (Wildman–Crippen LogP) is 1.41. The van der Waals surface area contributed by atoms with Crippen LogP contribution < -0.4 is 20.4 Å². The molecule has 7 heteroatoms. The third-order valence-electron chi connectivity index (χ3n) is 3.58. The summed E-state index contributed by atoms with van der Waals surface area (Å²) in [6.07, 6.45) is 0. The zero-order valence-electron chi connectivity index (χ0n) is 11.3. The first-order valence-electron chi connectivity index (χ1n) is 6.47. The van der Waals surface area contributed by atoms with Gasteiger partial charge in [0.05, 0.1) is 27.8 Å². The van der Waals surface area contributed by atoms with Crippen LogP contribution in [-0.4, -0.2) is 32.0 Å². The maximum atomic E-state index is 12.3. The van der Waals surface area contributed by atoms with Crippen molar-refractivity contribution in [3.05, 3.63) is 30.9 Å². The lowest BCUT2D eigenvalue weighted by molar-refractivity contribution is 0.122. The highest BCUT2D eigenvalue weighted by Crippen LogP contribution is 2.27. The summed E-state index contributed by atoms with van der Waals surface area (Å²) in [6, 6.07) is 1.98. The Morgan fingerprint density at radius 2 is 2.00 bits per heavy atom. The molecule has 0 aliphatic carbocycles. The number of nitrogens with zero attached hydrogens (tertiary/aromatic N) is 3. The van der Waals surface area contributed by atoms with Crippen LogP contribution in [0.5, 0.6) is 0 Å². The molecule has 2 aliphatic heterocycles. The maximum Gasteiger partial charge on any atom is 0.261 e. The van der Waals surface area contributed by atoms with Gasteiger partial charge in [-0.1, -0.05) is 0 Å². The number of rotatable bonds is 1. The van der Waals surface area contributed by atoms with E-state index in [4.69, 9.17) is 4.74 Å². The van der Waals surface area contributed by atoms with Crippen LogP contribution in [0.4, 0.5) is 5.69 Å². The van der Waals surface area contributed by atoms with Crippen LogP contribution in [0.2, 0.25) is 0 Å². The highest BCUT2D eigenvalue weighted by atomic mass is 79.9. The molecule has 1 aromatic carbocycles. The summed E-state index contributed by atoms with van der Waals surface area (Å²) in [6.45, 7) is 6.75. The highest BCUT2D eigenvalue weighted by Gasteiger charge is 2.34. The molecule has 0 radical (unpaired) electrons. The number of fused-ring (bicyclic) bond motifs is 1. The quantitative estimate of drug-likeness (QED) is 0.525. The molecule has 2 aliphatic rings. The minimum Gasteiger partial charge on any atom is -0.621 e. The number of benzene rings is 1. The minimum atomic E-state index is -0.767. The Labute approximate surface area is 133 Å². The lowest BCUT2D eigenvalue weighted by atomic mass is 10.2. The van der Waals surface area contributed by atoms with Gasteiger partial charge in [-0.05, 0) is 37.9 Å². The van der Waals surface area contributed by atoms with Gasteiger partial charge in [0.15, 0.2) is 5.36 Å². The lowest BCUT2D eigenvalue weighted by Gasteiger charge is -2.29. The Bertz CT molecular complexity index is 682. The van der Waals surface area contributed by atoms with Crippen molar-refractivity contribution in [1.82, 2.24) is 4.74 Å². The summed E-state index contributed by atoms with van der Waals surface area (Å²) in [5.41, 5.74) is 0.283. The number of hydroxylamine groups is 1. The van der Waals surface area contributed by atoms with Crippen LogP contribution in [0.25, 0.3) is 0 Å². The van der Waals surface area contributed by atoms with Crippen LogP contribution in [-0.2, 0) is 4.74 Å². The van der Waals surface area contributed by atoms with E-state index in [9.17, 15) is 5.21 Å². The molecule has 0 unspecified atom stereocenters. The second-order valence-electron chi connectivity index (χ2n) is 5.39. The van der Waals surface area contributed by atoms with E-state index in [0.29, 0.717) is 5.36 Å². The van der Waals surface area contributed by atoms with Crippen LogP contribution in [0, 0.1) is 5.21 Å². The Balaban J connectivity index is 2.22. The van der Waals surface area contributed by atoms with Gasteiger partial charge in [0.2, 0.25) is 0 Å². The van der Waals surface area contributed by atoms with Gasteiger partial charge in [0.25, 0.3) is 11.0 Å². The maximum absolute atomic E-state index is 12.3. The average molecular weight is 405 g/mol. The molecule has 0 spiro atoms. The van der Waals surface area contributed by atoms with Crippen molar-refractivity contribution in [3.63, 3.8) is 0 Å². The second-order valence-corrected chi connectivity index (χ2v) is 7.04. The molecule has 0 bridgehead atoms. The number of morpholine rings is 1. The normalized spacial score (nSPS) is 20.8. The van der Waals surface area contributed by atoms with Gasteiger partial charge in [-0.25, -0.2) is 4.99 Å². The van der Waals surface area contributed by atoms with Crippen LogP contribution in [0.15, 0.2) is 20.0 Å². The van der Waals surface area contributed by atoms with Crippen molar-refractivity contribution in [3.8, 4) is 0 Å². The Morgan fingerprint density at radius 1 is 1.35 bits per heavy atom. The number of ether oxygens (including phenoxy) is 1. The summed E-state index contributed by atoms with van der Waals surface area (Å²) in [5, 5.41) is 13.6. The fraction of sp³-hybridized carbons (Fsp3) is 0.538. The van der Waals surface area contributed by atoms with E-state index >= 15 is 0 Å². The summed E-state index contributed by atoms with van der Waals surface area (Å²) < 4.78 is 8.00. The molecular formula is C13H15Br2N3O2. The number of hydrogen-bond donors (Lipinski definition) is 0. The van der Waals surface area contributed by atoms with Crippen LogP contribution in [0.3, 0.4) is 0 Å². The van der Waals surface area contributed by atoms with E-state index in [2.05, 4.69) is 41.8 Å². The first-order chi connectivity index (χ1) is 9.42. The minimum absolute atomic E-state index is 0.596. The predicted molar refractivity (Wildman–Crippen MR) is 84.3 cm³/mol. The number of hydrogen-bond acceptors (Lipinski definition) is 4. The molecule has 0 atom stereocenters. The molecular weight excluding hydrogens is 390 g/mol. The van der Waals surface area contributed by atoms with Crippen molar-refractivity contribution in [2.45, 2.75) is 19.5 Å². The van der Waals surface area contributed by atoms with Crippen molar-refractivity contribution in [2.75, 3.05) is 31.2 Å². The van der Waals surface area contributed by atoms with Gasteiger partial charge in [-0.3, -0.25) is 0 Å². The molecule has 0 N–H and O–H groups in total. The van der Waals surface area contributed by atoms with E-state index < -0.39 is 5.66 Å². The van der Waals surface area contributed by atoms with Crippen molar-refractivity contribution < 1.29 is 4.74 Å². The third-order valence-corrected chi connectivity index (χ3v) is 4.97. The second kappa shape index (κ2) is 4.96. The largest absolute Gasteiger partial charge is 0.621 e. The molecule has 5 nitrogen and oxygen atoms in total. The Kier molecular flexibility index (Phi) is 3.54. The molecule has 1 aromatic rings. The molecule has 1 fully saturated rings. The zero-order valence-corrected chi connectivity index (χ0v) is 14.5. The van der Waals surface area contributed by atoms with Crippen molar-refractivity contribution in [2.24, 2.45) is 4.99 Å². The van der Waals surface area contributed by atoms with Crippen molar-refractivity contribution in [1.29, 1.82) is 0 Å². The fourth-order valence-electron chi connectivity index (χ4n) is 2.51. The van der Waals surface area contributed by atoms with Gasteiger partial charge in [-0.15, -0.1) is 0 Å². The van der Waals surface area contributed by atoms with Crippen molar-refractivity contribution >= 4 is 37.5 Å². The van der Waals surface area contributed by atoms with E-state index in [0.717, 1.165) is 51.0 Å². The van der Waals surface area contributed by atoms with E-state index in [-0.39, 0.29) is 0 Å². The first kappa shape index (κ1) is 14.3. The number of halogens is 2. The summed E-state index contributed by atoms with van der Waals surface area (Å²) in [7, 11) is 0. The fourth-order valence-corrected chi connectivity index (χ4v) is 3.72. The SMILES string of the molecule is CC1(C)N=c2c(Br)c(N3CCOCC3)cc(Br)c2=[N+]1[O-]. The summed E-state index contributed by atoms with van der Waals surface area (Å²) >= 11 is 7.13. The highest BCUT2D eigenvalue weighted by molar-refractivity contribution is 9.11. The topological polar surface area (TPSA) is 50.9 Å². The molecule has 3 rings (SSSR count). The third kappa shape index (κ3) is 2.16. The van der Waals surface area contributed by atoms with Gasteiger partial charge in [-0.2, -0.15) is 4.74 Å². The summed E-state index contributed by atoms with van der Waals surface area (Å²) in [5.74, 6) is 0. The van der Waals surface area contributed by atoms with Crippen LogP contribution >= 0.6 is 31.9 Å². The first-order valence-corrected chi connectivity index (χ1v) is 8.05. The molecule has 0 amide bonds. The zero-order chi connectivity index (χ0) is 14.5. The van der Waals surface area contributed by atoms with Crippen LogP contribution in [0.1, 0.15) is 13.8 Å². The molecule has 0 aromatic heterocycles. The molecule has 108 valence electrons. The van der Waals surface area contributed by atoms with E-state index in [1.54, 1.807) is 0 Å². The molecule has 2 heterocycles.